The number of amides is 1. The first-order chi connectivity index (χ1) is 29.5. The molecule has 0 rings (SSSR count). The van der Waals surface area contributed by atoms with E-state index >= 15 is 0 Å². The number of ether oxygens (including phenoxy) is 1. The van der Waals surface area contributed by atoms with E-state index in [9.17, 15) is 19.8 Å². The van der Waals surface area contributed by atoms with Gasteiger partial charge in [0.1, 0.15) is 6.10 Å². The van der Waals surface area contributed by atoms with Gasteiger partial charge in [-0.25, -0.2) is 0 Å². The third-order valence-corrected chi connectivity index (χ3v) is 10.8. The normalized spacial score (nSPS) is 14.0. The second kappa shape index (κ2) is 47.1. The smallest absolute Gasteiger partial charge is 0.306 e. The maximum atomic E-state index is 13.2. The van der Waals surface area contributed by atoms with Crippen LogP contribution >= 0.6 is 0 Å². The van der Waals surface area contributed by atoms with Crippen LogP contribution < -0.4 is 5.32 Å². The minimum atomic E-state index is -0.806. The van der Waals surface area contributed by atoms with Crippen LogP contribution in [0.2, 0.25) is 0 Å². The summed E-state index contributed by atoms with van der Waals surface area (Å²) in [5, 5.41) is 23.7. The number of aliphatic hydroxyl groups is 2. The zero-order chi connectivity index (χ0) is 43.8. The monoisotopic (exact) mass is 836 g/mol. The zero-order valence-electron chi connectivity index (χ0n) is 39.1. The molecule has 0 aromatic heterocycles. The van der Waals surface area contributed by atoms with Gasteiger partial charge in [0.05, 0.1) is 25.2 Å². The number of esters is 1. The number of hydrogen-bond donors (Lipinski definition) is 3. The summed E-state index contributed by atoms with van der Waals surface area (Å²) in [6, 6.07) is -0.722. The summed E-state index contributed by atoms with van der Waals surface area (Å²) in [6.45, 7) is 6.29. The Kier molecular flexibility index (Phi) is 44.8. The molecule has 60 heavy (non-hydrogen) atoms. The van der Waals surface area contributed by atoms with Crippen LogP contribution in [0.3, 0.4) is 0 Å². The van der Waals surface area contributed by atoms with Crippen molar-refractivity contribution in [3.63, 3.8) is 0 Å². The average molecular weight is 836 g/mol. The Hall–Kier alpha value is -2.96. The molecule has 6 nitrogen and oxygen atoms in total. The molecule has 0 aromatic carbocycles. The molecule has 0 aliphatic rings. The van der Waals surface area contributed by atoms with Gasteiger partial charge in [-0.05, 0) is 83.5 Å². The Labute approximate surface area is 370 Å². The fourth-order valence-electron chi connectivity index (χ4n) is 7.01. The summed E-state index contributed by atoms with van der Waals surface area (Å²) in [5.74, 6) is -0.568. The first-order valence-corrected chi connectivity index (χ1v) is 24.8. The predicted octanol–water partition coefficient (Wildman–Crippen LogP) is 14.8. The number of aliphatic hydroxyl groups excluding tert-OH is 2. The van der Waals surface area contributed by atoms with Gasteiger partial charge in [-0.15, -0.1) is 0 Å². The number of unbranched alkanes of at least 4 members (excludes halogenated alkanes) is 19. The average Bonchev–Trinajstić information content (AvgIpc) is 3.24. The van der Waals surface area contributed by atoms with Crippen molar-refractivity contribution in [3.8, 4) is 0 Å². The van der Waals surface area contributed by atoms with Crippen LogP contribution in [-0.2, 0) is 14.3 Å². The maximum Gasteiger partial charge on any atom is 0.306 e. The van der Waals surface area contributed by atoms with Crippen LogP contribution in [0, 0.1) is 0 Å². The van der Waals surface area contributed by atoms with E-state index in [4.69, 9.17) is 4.74 Å². The number of allylic oxidation sites excluding steroid dienone is 14. The van der Waals surface area contributed by atoms with Gasteiger partial charge in [0, 0.05) is 6.42 Å². The minimum absolute atomic E-state index is 0.0380. The zero-order valence-corrected chi connectivity index (χ0v) is 39.1. The lowest BCUT2D eigenvalue weighted by molar-refractivity contribution is -0.151. The lowest BCUT2D eigenvalue weighted by Gasteiger charge is -2.24. The highest BCUT2D eigenvalue weighted by molar-refractivity contribution is 5.77. The molecule has 0 heterocycles. The van der Waals surface area contributed by atoms with E-state index in [2.05, 4.69) is 111 Å². The topological polar surface area (TPSA) is 95.9 Å². The lowest BCUT2D eigenvalue weighted by Crippen LogP contribution is -2.46. The highest BCUT2D eigenvalue weighted by Crippen LogP contribution is 2.17. The van der Waals surface area contributed by atoms with Crippen molar-refractivity contribution in [2.75, 3.05) is 6.61 Å². The van der Waals surface area contributed by atoms with Gasteiger partial charge in [-0.2, -0.15) is 0 Å². The fraction of sp³-hybridized carbons (Fsp3) is 0.704. The minimum Gasteiger partial charge on any atom is -0.462 e. The van der Waals surface area contributed by atoms with E-state index in [0.29, 0.717) is 25.7 Å². The standard InChI is InChI=1S/C54H93NO5/c1-4-7-10-13-16-19-22-24-25-26-27-29-32-35-38-41-44-47-54(59)60-50(45-42-39-36-33-31-28-23-20-17-14-11-8-5-2)48-53(58)55-51(49-56)52(57)46-43-40-37-34-30-21-18-15-12-9-6-3/h8,11,14,16-17,19-20,23-25,27,29,35,38,50-52,56-57H,4-7,9-10,12-13,15,18,21-22,26,28,30-34,36-37,39-49H2,1-3H3,(H,55,58)/b11-8+,17-14+,19-16-,23-20+,25-24-,29-27-,38-35-. The van der Waals surface area contributed by atoms with Gasteiger partial charge in [0.15, 0.2) is 0 Å². The molecule has 0 aromatic rings. The summed E-state index contributed by atoms with van der Waals surface area (Å²) in [5.41, 5.74) is 0. The molecule has 0 radical (unpaired) electrons. The van der Waals surface area contributed by atoms with Gasteiger partial charge in [-0.1, -0.05) is 209 Å². The van der Waals surface area contributed by atoms with Gasteiger partial charge in [0.25, 0.3) is 0 Å². The molecule has 0 bridgehead atoms. The molecule has 6 heteroatoms. The van der Waals surface area contributed by atoms with E-state index < -0.39 is 18.2 Å². The Bertz CT molecular complexity index is 1160. The molecule has 0 fully saturated rings. The third-order valence-electron chi connectivity index (χ3n) is 10.8. The molecule has 344 valence electrons. The van der Waals surface area contributed by atoms with Crippen LogP contribution in [0.25, 0.3) is 0 Å². The molecule has 1 amide bonds. The summed E-state index contributed by atoms with van der Waals surface area (Å²) >= 11 is 0. The molecular formula is C54H93NO5. The fourth-order valence-corrected chi connectivity index (χ4v) is 7.01. The van der Waals surface area contributed by atoms with Crippen LogP contribution in [0.1, 0.15) is 220 Å². The van der Waals surface area contributed by atoms with Crippen molar-refractivity contribution >= 4 is 11.9 Å². The molecule has 0 aliphatic carbocycles. The Balaban J connectivity index is 4.72. The highest BCUT2D eigenvalue weighted by Gasteiger charge is 2.24. The lowest BCUT2D eigenvalue weighted by atomic mass is 10.0. The van der Waals surface area contributed by atoms with Crippen molar-refractivity contribution < 1.29 is 24.5 Å². The summed E-state index contributed by atoms with van der Waals surface area (Å²) in [6.07, 6.45) is 60.7. The van der Waals surface area contributed by atoms with Crippen LogP contribution in [0.5, 0.6) is 0 Å². The maximum absolute atomic E-state index is 13.2. The molecule has 0 saturated heterocycles. The van der Waals surface area contributed by atoms with E-state index in [0.717, 1.165) is 89.9 Å². The van der Waals surface area contributed by atoms with Gasteiger partial charge < -0.3 is 20.3 Å². The van der Waals surface area contributed by atoms with Crippen LogP contribution in [0.4, 0.5) is 0 Å². The molecule has 0 saturated carbocycles. The van der Waals surface area contributed by atoms with Gasteiger partial charge in [0.2, 0.25) is 5.91 Å². The molecule has 3 N–H and O–H groups in total. The second-order valence-electron chi connectivity index (χ2n) is 16.5. The molecule has 3 unspecified atom stereocenters. The Morgan fingerprint density at radius 1 is 0.517 bits per heavy atom. The molecular weight excluding hydrogens is 743 g/mol. The van der Waals surface area contributed by atoms with Crippen LogP contribution in [0.15, 0.2) is 85.1 Å². The quantitative estimate of drug-likeness (QED) is 0.0246. The predicted molar refractivity (Wildman–Crippen MR) is 259 cm³/mol. The van der Waals surface area contributed by atoms with Crippen molar-refractivity contribution in [1.82, 2.24) is 5.32 Å². The van der Waals surface area contributed by atoms with Crippen LogP contribution in [-0.4, -0.2) is 46.9 Å². The largest absolute Gasteiger partial charge is 0.462 e. The molecule has 0 aliphatic heterocycles. The Morgan fingerprint density at radius 3 is 1.53 bits per heavy atom. The first kappa shape index (κ1) is 57.0. The van der Waals surface area contributed by atoms with Crippen molar-refractivity contribution in [2.24, 2.45) is 0 Å². The second-order valence-corrected chi connectivity index (χ2v) is 16.5. The number of carbonyl (C=O) groups excluding carboxylic acids is 2. The van der Waals surface area contributed by atoms with E-state index in [1.807, 2.05) is 0 Å². The molecule has 3 atom stereocenters. The first-order valence-electron chi connectivity index (χ1n) is 24.8. The van der Waals surface area contributed by atoms with E-state index in [1.54, 1.807) is 0 Å². The van der Waals surface area contributed by atoms with E-state index in [1.165, 1.54) is 77.0 Å². The third kappa shape index (κ3) is 41.8. The van der Waals surface area contributed by atoms with E-state index in [-0.39, 0.29) is 24.9 Å². The number of nitrogens with one attached hydrogen (secondary N) is 1. The SMILES string of the molecule is CC/C=C/C=C/C=C/CCCCCCCC(CC(=O)NC(CO)C(O)CCCCCCCCCCCCC)OC(=O)CCC/C=C\C/C=C\C/C=C\C/C=C\CCCCC. The summed E-state index contributed by atoms with van der Waals surface area (Å²) in [7, 11) is 0. The summed E-state index contributed by atoms with van der Waals surface area (Å²) in [4.78, 5) is 26.1. The number of carbonyl (C=O) groups is 2. The summed E-state index contributed by atoms with van der Waals surface area (Å²) < 4.78 is 5.89. The van der Waals surface area contributed by atoms with Crippen molar-refractivity contribution in [2.45, 2.75) is 238 Å². The number of hydrogen-bond acceptors (Lipinski definition) is 5. The highest BCUT2D eigenvalue weighted by atomic mass is 16.5. The molecule has 0 spiro atoms. The Morgan fingerprint density at radius 2 is 0.967 bits per heavy atom. The van der Waals surface area contributed by atoms with Crippen molar-refractivity contribution in [1.29, 1.82) is 0 Å². The van der Waals surface area contributed by atoms with Gasteiger partial charge >= 0.3 is 5.97 Å². The van der Waals surface area contributed by atoms with Crippen molar-refractivity contribution in [3.05, 3.63) is 85.1 Å². The number of rotatable bonds is 43. The van der Waals surface area contributed by atoms with Gasteiger partial charge in [-0.3, -0.25) is 9.59 Å².